The first-order valence-corrected chi connectivity index (χ1v) is 9.16. The van der Waals surface area contributed by atoms with Crippen LogP contribution in [0.2, 0.25) is 0 Å². The lowest BCUT2D eigenvalue weighted by atomic mass is 10.1. The Kier molecular flexibility index (Phi) is 4.68. The van der Waals surface area contributed by atoms with Gasteiger partial charge >= 0.3 is 0 Å². The number of sulfonamides is 1. The van der Waals surface area contributed by atoms with Crippen LogP contribution in [0.3, 0.4) is 0 Å². The number of halogens is 1. The SMILES string of the molecule is CC(C)(C)N1CCN(S(=O)(=O)c2ccc(N)c(Br)c2)CC1. The van der Waals surface area contributed by atoms with Crippen LogP contribution in [0, 0.1) is 0 Å². The minimum Gasteiger partial charge on any atom is -0.398 e. The Morgan fingerprint density at radius 1 is 1.14 bits per heavy atom. The number of hydrogen-bond donors (Lipinski definition) is 1. The predicted octanol–water partition coefficient (Wildman–Crippen LogP) is 2.14. The summed E-state index contributed by atoms with van der Waals surface area (Å²) in [4.78, 5) is 2.59. The molecule has 2 rings (SSSR count). The summed E-state index contributed by atoms with van der Waals surface area (Å²) in [6, 6.07) is 4.74. The third-order valence-electron chi connectivity index (χ3n) is 3.80. The lowest BCUT2D eigenvalue weighted by Gasteiger charge is -2.41. The average molecular weight is 376 g/mol. The van der Waals surface area contributed by atoms with Crippen LogP contribution in [0.1, 0.15) is 20.8 Å². The first-order chi connectivity index (χ1) is 9.62. The highest BCUT2D eigenvalue weighted by Crippen LogP contribution is 2.26. The largest absolute Gasteiger partial charge is 0.398 e. The Balaban J connectivity index is 2.17. The van der Waals surface area contributed by atoms with Crippen LogP contribution in [-0.4, -0.2) is 49.3 Å². The highest BCUT2D eigenvalue weighted by molar-refractivity contribution is 9.10. The van der Waals surface area contributed by atoms with Crippen molar-refractivity contribution >= 4 is 31.6 Å². The van der Waals surface area contributed by atoms with E-state index in [1.54, 1.807) is 22.5 Å². The van der Waals surface area contributed by atoms with Gasteiger partial charge in [-0.25, -0.2) is 8.42 Å². The molecule has 0 atom stereocenters. The second-order valence-electron chi connectivity index (χ2n) is 6.25. The number of nitrogens with zero attached hydrogens (tertiary/aromatic N) is 2. The summed E-state index contributed by atoms with van der Waals surface area (Å²) >= 11 is 3.28. The second-order valence-corrected chi connectivity index (χ2v) is 9.04. The van der Waals surface area contributed by atoms with Crippen LogP contribution >= 0.6 is 15.9 Å². The summed E-state index contributed by atoms with van der Waals surface area (Å²) in [5, 5.41) is 0. The van der Waals surface area contributed by atoms with E-state index in [1.807, 2.05) is 0 Å². The number of nitrogen functional groups attached to an aromatic ring is 1. The van der Waals surface area contributed by atoms with Crippen LogP contribution in [0.15, 0.2) is 27.6 Å². The molecule has 0 saturated carbocycles. The van der Waals surface area contributed by atoms with E-state index in [0.29, 0.717) is 23.2 Å². The summed E-state index contributed by atoms with van der Waals surface area (Å²) in [6.07, 6.45) is 0. The van der Waals surface area contributed by atoms with Crippen molar-refractivity contribution in [2.45, 2.75) is 31.2 Å². The lowest BCUT2D eigenvalue weighted by molar-refractivity contribution is 0.0922. The Bertz CT molecular complexity index is 618. The van der Waals surface area contributed by atoms with Crippen molar-refractivity contribution in [1.82, 2.24) is 9.21 Å². The number of rotatable bonds is 2. The molecule has 1 aromatic carbocycles. The predicted molar refractivity (Wildman–Crippen MR) is 88.6 cm³/mol. The topological polar surface area (TPSA) is 66.6 Å². The molecule has 0 aromatic heterocycles. The van der Waals surface area contributed by atoms with Gasteiger partial charge in [0.25, 0.3) is 0 Å². The zero-order valence-electron chi connectivity index (χ0n) is 12.6. The normalized spacial score (nSPS) is 18.9. The standard InChI is InChI=1S/C14H22BrN3O2S/c1-14(2,3)17-6-8-18(9-7-17)21(19,20)11-4-5-13(16)12(15)10-11/h4-5,10H,6-9,16H2,1-3H3. The number of benzene rings is 1. The molecule has 2 N–H and O–H groups in total. The molecule has 7 heteroatoms. The molecule has 1 saturated heterocycles. The molecule has 0 radical (unpaired) electrons. The molecule has 1 aliphatic rings. The maximum absolute atomic E-state index is 12.7. The zero-order chi connectivity index (χ0) is 15.8. The Morgan fingerprint density at radius 2 is 1.71 bits per heavy atom. The van der Waals surface area contributed by atoms with E-state index in [4.69, 9.17) is 5.73 Å². The van der Waals surface area contributed by atoms with Crippen LogP contribution in [0.5, 0.6) is 0 Å². The monoisotopic (exact) mass is 375 g/mol. The van der Waals surface area contributed by atoms with E-state index in [0.717, 1.165) is 13.1 Å². The number of nitrogens with two attached hydrogens (primary N) is 1. The van der Waals surface area contributed by atoms with Crippen molar-refractivity contribution in [2.75, 3.05) is 31.9 Å². The highest BCUT2D eigenvalue weighted by Gasteiger charge is 2.32. The number of piperazine rings is 1. The van der Waals surface area contributed by atoms with Crippen molar-refractivity contribution in [3.8, 4) is 0 Å². The maximum Gasteiger partial charge on any atom is 0.243 e. The lowest BCUT2D eigenvalue weighted by Crippen LogP contribution is -2.54. The van der Waals surface area contributed by atoms with Gasteiger partial charge in [0, 0.05) is 41.9 Å². The van der Waals surface area contributed by atoms with Gasteiger partial charge in [0.15, 0.2) is 0 Å². The summed E-state index contributed by atoms with van der Waals surface area (Å²) in [7, 11) is -3.45. The minimum absolute atomic E-state index is 0.0695. The van der Waals surface area contributed by atoms with E-state index < -0.39 is 10.0 Å². The molecule has 1 aromatic rings. The Hall–Kier alpha value is -0.630. The van der Waals surface area contributed by atoms with Crippen molar-refractivity contribution in [2.24, 2.45) is 0 Å². The Morgan fingerprint density at radius 3 is 2.19 bits per heavy atom. The average Bonchev–Trinajstić information content (AvgIpc) is 2.41. The smallest absolute Gasteiger partial charge is 0.243 e. The van der Waals surface area contributed by atoms with Crippen molar-refractivity contribution < 1.29 is 8.42 Å². The van der Waals surface area contributed by atoms with Crippen molar-refractivity contribution in [1.29, 1.82) is 0 Å². The third-order valence-corrected chi connectivity index (χ3v) is 6.38. The van der Waals surface area contributed by atoms with Gasteiger partial charge in [-0.1, -0.05) is 0 Å². The fourth-order valence-electron chi connectivity index (χ4n) is 2.42. The van der Waals surface area contributed by atoms with Gasteiger partial charge in [-0.15, -0.1) is 0 Å². The van der Waals surface area contributed by atoms with Crippen LogP contribution < -0.4 is 5.73 Å². The second kappa shape index (κ2) is 5.87. The molecule has 1 aliphatic heterocycles. The fraction of sp³-hybridized carbons (Fsp3) is 0.571. The van der Waals surface area contributed by atoms with E-state index in [-0.39, 0.29) is 10.4 Å². The van der Waals surface area contributed by atoms with E-state index in [9.17, 15) is 8.42 Å². The molecule has 21 heavy (non-hydrogen) atoms. The molecular weight excluding hydrogens is 354 g/mol. The number of hydrogen-bond acceptors (Lipinski definition) is 4. The van der Waals surface area contributed by atoms with Gasteiger partial charge in [0.1, 0.15) is 0 Å². The molecule has 0 amide bonds. The minimum atomic E-state index is -3.45. The summed E-state index contributed by atoms with van der Waals surface area (Å²) < 4.78 is 27.5. The summed E-state index contributed by atoms with van der Waals surface area (Å²) in [5.41, 5.74) is 6.32. The van der Waals surface area contributed by atoms with E-state index in [2.05, 4.69) is 41.6 Å². The molecule has 1 heterocycles. The quantitative estimate of drug-likeness (QED) is 0.804. The molecule has 0 bridgehead atoms. The van der Waals surface area contributed by atoms with Crippen LogP contribution in [0.25, 0.3) is 0 Å². The Labute approximate surface area is 135 Å². The zero-order valence-corrected chi connectivity index (χ0v) is 15.0. The van der Waals surface area contributed by atoms with Gasteiger partial charge < -0.3 is 5.73 Å². The third kappa shape index (κ3) is 3.59. The first-order valence-electron chi connectivity index (χ1n) is 6.92. The van der Waals surface area contributed by atoms with E-state index in [1.165, 1.54) is 0 Å². The highest BCUT2D eigenvalue weighted by atomic mass is 79.9. The molecule has 1 fully saturated rings. The van der Waals surface area contributed by atoms with Crippen molar-refractivity contribution in [3.05, 3.63) is 22.7 Å². The maximum atomic E-state index is 12.7. The molecule has 0 spiro atoms. The molecular formula is C14H22BrN3O2S. The molecule has 0 aliphatic carbocycles. The number of anilines is 1. The molecule has 0 unspecified atom stereocenters. The van der Waals surface area contributed by atoms with Crippen LogP contribution in [-0.2, 0) is 10.0 Å². The molecule has 118 valence electrons. The van der Waals surface area contributed by atoms with E-state index >= 15 is 0 Å². The fourth-order valence-corrected chi connectivity index (χ4v) is 4.40. The van der Waals surface area contributed by atoms with Gasteiger partial charge in [-0.2, -0.15) is 4.31 Å². The van der Waals surface area contributed by atoms with Gasteiger partial charge in [-0.3, -0.25) is 4.90 Å². The summed E-state index contributed by atoms with van der Waals surface area (Å²) in [5.74, 6) is 0. The van der Waals surface area contributed by atoms with Crippen LogP contribution in [0.4, 0.5) is 5.69 Å². The van der Waals surface area contributed by atoms with Gasteiger partial charge in [-0.05, 0) is 54.9 Å². The van der Waals surface area contributed by atoms with Gasteiger partial charge in [0.05, 0.1) is 4.90 Å². The van der Waals surface area contributed by atoms with Gasteiger partial charge in [0.2, 0.25) is 10.0 Å². The first kappa shape index (κ1) is 16.7. The van der Waals surface area contributed by atoms with Crippen molar-refractivity contribution in [3.63, 3.8) is 0 Å². The molecule has 5 nitrogen and oxygen atoms in total. The summed E-state index contributed by atoms with van der Waals surface area (Å²) in [6.45, 7) is 8.97.